The molecule has 0 bridgehead atoms. The van der Waals surface area contributed by atoms with Crippen molar-refractivity contribution in [2.75, 3.05) is 6.54 Å². The monoisotopic (exact) mass is 225 g/mol. The minimum absolute atomic E-state index is 0.115. The molecule has 0 spiro atoms. The van der Waals surface area contributed by atoms with Gasteiger partial charge in [-0.25, -0.2) is 4.39 Å². The van der Waals surface area contributed by atoms with E-state index >= 15 is 0 Å². The fourth-order valence-electron chi connectivity index (χ4n) is 1.95. The Morgan fingerprint density at radius 2 is 1.94 bits per heavy atom. The number of nitrogens with two attached hydrogens (primary N) is 1. The molecule has 0 aliphatic rings. The first-order valence-corrected chi connectivity index (χ1v) is 5.81. The number of rotatable bonds is 5. The maximum absolute atomic E-state index is 13.8. The molecule has 1 aromatic rings. The summed E-state index contributed by atoms with van der Waals surface area (Å²) in [7, 11) is 0. The zero-order chi connectivity index (χ0) is 12.1. The number of benzene rings is 1. The molecule has 0 radical (unpaired) electrons. The van der Waals surface area contributed by atoms with E-state index < -0.39 is 6.10 Å². The summed E-state index contributed by atoms with van der Waals surface area (Å²) in [6, 6.07) is 4.92. The first-order valence-electron chi connectivity index (χ1n) is 5.81. The molecule has 2 nitrogen and oxygen atoms in total. The molecule has 1 rings (SSSR count). The van der Waals surface area contributed by atoms with Crippen LogP contribution in [0.25, 0.3) is 0 Å². The second-order valence-electron chi connectivity index (χ2n) is 4.05. The number of halogens is 1. The molecule has 0 saturated heterocycles. The van der Waals surface area contributed by atoms with E-state index in [2.05, 4.69) is 13.8 Å². The van der Waals surface area contributed by atoms with Crippen molar-refractivity contribution >= 4 is 0 Å². The Balaban J connectivity index is 2.99. The minimum Gasteiger partial charge on any atom is -0.387 e. The molecule has 0 fully saturated rings. The van der Waals surface area contributed by atoms with E-state index in [0.29, 0.717) is 5.56 Å². The Labute approximate surface area is 96.3 Å². The van der Waals surface area contributed by atoms with E-state index in [1.165, 1.54) is 6.07 Å². The van der Waals surface area contributed by atoms with Gasteiger partial charge in [0.2, 0.25) is 0 Å². The summed E-state index contributed by atoms with van der Waals surface area (Å²) in [5.41, 5.74) is 6.62. The summed E-state index contributed by atoms with van der Waals surface area (Å²) in [5, 5.41) is 9.51. The summed E-state index contributed by atoms with van der Waals surface area (Å²) < 4.78 is 13.8. The van der Waals surface area contributed by atoms with Crippen LogP contribution in [-0.2, 0) is 0 Å². The van der Waals surface area contributed by atoms with Crippen LogP contribution in [0.15, 0.2) is 18.2 Å². The highest BCUT2D eigenvalue weighted by molar-refractivity contribution is 5.28. The van der Waals surface area contributed by atoms with Gasteiger partial charge in [0, 0.05) is 6.54 Å². The molecule has 16 heavy (non-hydrogen) atoms. The number of hydrogen-bond donors (Lipinski definition) is 2. The van der Waals surface area contributed by atoms with E-state index in [1.54, 1.807) is 12.1 Å². The van der Waals surface area contributed by atoms with Crippen LogP contribution in [0.4, 0.5) is 4.39 Å². The molecule has 1 atom stereocenters. The van der Waals surface area contributed by atoms with Crippen molar-refractivity contribution in [1.29, 1.82) is 0 Å². The zero-order valence-corrected chi connectivity index (χ0v) is 9.91. The molecule has 0 heterocycles. The van der Waals surface area contributed by atoms with Crippen LogP contribution in [0, 0.1) is 5.82 Å². The SMILES string of the molecule is CCC(CC)c1ccc(C(O)CN)cc1F. The van der Waals surface area contributed by atoms with Gasteiger partial charge >= 0.3 is 0 Å². The van der Waals surface area contributed by atoms with Crippen LogP contribution >= 0.6 is 0 Å². The van der Waals surface area contributed by atoms with Crippen LogP contribution in [0.2, 0.25) is 0 Å². The third kappa shape index (κ3) is 2.80. The van der Waals surface area contributed by atoms with Crippen LogP contribution < -0.4 is 5.73 Å². The molecule has 0 aliphatic heterocycles. The normalized spacial score (nSPS) is 13.1. The quantitative estimate of drug-likeness (QED) is 0.809. The van der Waals surface area contributed by atoms with Gasteiger partial charge in [0.15, 0.2) is 0 Å². The Bertz CT molecular complexity index is 337. The molecule has 0 aliphatic carbocycles. The van der Waals surface area contributed by atoms with Crippen LogP contribution in [0.5, 0.6) is 0 Å². The topological polar surface area (TPSA) is 46.2 Å². The molecule has 3 heteroatoms. The second kappa shape index (κ2) is 5.97. The highest BCUT2D eigenvalue weighted by Gasteiger charge is 2.14. The molecule has 0 saturated carbocycles. The van der Waals surface area contributed by atoms with Crippen LogP contribution in [0.3, 0.4) is 0 Å². The molecule has 1 aromatic carbocycles. The standard InChI is InChI=1S/C13H20FNO/c1-3-9(4-2)11-6-5-10(7-12(11)14)13(16)8-15/h5-7,9,13,16H,3-4,8,15H2,1-2H3. The first kappa shape index (κ1) is 13.1. The maximum Gasteiger partial charge on any atom is 0.127 e. The summed E-state index contributed by atoms with van der Waals surface area (Å²) in [5.74, 6) is 0.0165. The maximum atomic E-state index is 13.8. The lowest BCUT2D eigenvalue weighted by Crippen LogP contribution is -2.12. The fourth-order valence-corrected chi connectivity index (χ4v) is 1.95. The first-order chi connectivity index (χ1) is 7.63. The van der Waals surface area contributed by atoms with Crippen molar-refractivity contribution in [3.05, 3.63) is 35.1 Å². The molecule has 1 unspecified atom stereocenters. The van der Waals surface area contributed by atoms with E-state index in [-0.39, 0.29) is 18.3 Å². The Kier molecular flexibility index (Phi) is 4.90. The highest BCUT2D eigenvalue weighted by atomic mass is 19.1. The Morgan fingerprint density at radius 3 is 2.38 bits per heavy atom. The van der Waals surface area contributed by atoms with E-state index in [0.717, 1.165) is 18.4 Å². The molecular formula is C13H20FNO. The van der Waals surface area contributed by atoms with Gasteiger partial charge in [0.05, 0.1) is 6.10 Å². The average Bonchev–Trinajstić information content (AvgIpc) is 2.31. The van der Waals surface area contributed by atoms with Gasteiger partial charge in [-0.1, -0.05) is 26.0 Å². The lowest BCUT2D eigenvalue weighted by Gasteiger charge is -2.16. The van der Waals surface area contributed by atoms with E-state index in [9.17, 15) is 9.50 Å². The average molecular weight is 225 g/mol. The van der Waals surface area contributed by atoms with Gasteiger partial charge < -0.3 is 10.8 Å². The minimum atomic E-state index is -0.773. The predicted octanol–water partition coefficient (Wildman–Crippen LogP) is 2.72. The third-order valence-electron chi connectivity index (χ3n) is 3.06. The van der Waals surface area contributed by atoms with E-state index in [1.807, 2.05) is 0 Å². The lowest BCUT2D eigenvalue weighted by atomic mass is 9.92. The lowest BCUT2D eigenvalue weighted by molar-refractivity contribution is 0.186. The van der Waals surface area contributed by atoms with Gasteiger partial charge in [0.1, 0.15) is 5.82 Å². The summed E-state index contributed by atoms with van der Waals surface area (Å²) in [6.45, 7) is 4.22. The summed E-state index contributed by atoms with van der Waals surface area (Å²) in [6.07, 6.45) is 1.07. The van der Waals surface area contributed by atoms with Crippen molar-refractivity contribution < 1.29 is 9.50 Å². The van der Waals surface area contributed by atoms with Crippen molar-refractivity contribution in [3.8, 4) is 0 Å². The third-order valence-corrected chi connectivity index (χ3v) is 3.06. The molecular weight excluding hydrogens is 205 g/mol. The molecule has 3 N–H and O–H groups in total. The largest absolute Gasteiger partial charge is 0.387 e. The van der Waals surface area contributed by atoms with Crippen LogP contribution in [-0.4, -0.2) is 11.7 Å². The van der Waals surface area contributed by atoms with Crippen molar-refractivity contribution in [2.24, 2.45) is 5.73 Å². The van der Waals surface area contributed by atoms with Gasteiger partial charge in [-0.05, 0) is 36.0 Å². The number of aliphatic hydroxyl groups is 1. The van der Waals surface area contributed by atoms with Gasteiger partial charge in [-0.2, -0.15) is 0 Å². The van der Waals surface area contributed by atoms with Gasteiger partial charge in [0.25, 0.3) is 0 Å². The summed E-state index contributed by atoms with van der Waals surface area (Å²) >= 11 is 0. The van der Waals surface area contributed by atoms with Crippen LogP contribution in [0.1, 0.15) is 49.8 Å². The van der Waals surface area contributed by atoms with Crippen molar-refractivity contribution in [1.82, 2.24) is 0 Å². The Hall–Kier alpha value is -0.930. The zero-order valence-electron chi connectivity index (χ0n) is 9.91. The number of aliphatic hydroxyl groups excluding tert-OH is 1. The van der Waals surface area contributed by atoms with Gasteiger partial charge in [-0.15, -0.1) is 0 Å². The van der Waals surface area contributed by atoms with Crippen molar-refractivity contribution in [3.63, 3.8) is 0 Å². The van der Waals surface area contributed by atoms with E-state index in [4.69, 9.17) is 5.73 Å². The summed E-state index contributed by atoms with van der Waals surface area (Å²) in [4.78, 5) is 0. The molecule has 90 valence electrons. The Morgan fingerprint density at radius 1 is 1.31 bits per heavy atom. The second-order valence-corrected chi connectivity index (χ2v) is 4.05. The molecule has 0 amide bonds. The smallest absolute Gasteiger partial charge is 0.127 e. The molecule has 0 aromatic heterocycles. The fraction of sp³-hybridized carbons (Fsp3) is 0.538. The predicted molar refractivity (Wildman–Crippen MR) is 63.7 cm³/mol. The highest BCUT2D eigenvalue weighted by Crippen LogP contribution is 2.27. The van der Waals surface area contributed by atoms with Gasteiger partial charge in [-0.3, -0.25) is 0 Å². The number of hydrogen-bond acceptors (Lipinski definition) is 2. The van der Waals surface area contributed by atoms with Crippen molar-refractivity contribution in [2.45, 2.75) is 38.7 Å².